The lowest BCUT2D eigenvalue weighted by Crippen LogP contribution is -2.55. The van der Waals surface area contributed by atoms with Gasteiger partial charge in [0.05, 0.1) is 31.0 Å². The molecule has 0 aromatic carbocycles. The number of rotatable bonds is 4. The van der Waals surface area contributed by atoms with Gasteiger partial charge in [0.2, 0.25) is 0 Å². The van der Waals surface area contributed by atoms with E-state index < -0.39 is 0 Å². The minimum Gasteiger partial charge on any atom is -0.377 e. The molecule has 0 aromatic heterocycles. The number of morpholine rings is 1. The summed E-state index contributed by atoms with van der Waals surface area (Å²) in [6.45, 7) is 14.3. The molecule has 15 heavy (non-hydrogen) atoms. The first kappa shape index (κ1) is 12.9. The highest BCUT2D eigenvalue weighted by atomic mass is 16.5. The van der Waals surface area contributed by atoms with Crippen molar-refractivity contribution >= 4 is 0 Å². The summed E-state index contributed by atoms with van der Waals surface area (Å²) in [5.41, 5.74) is -0.00958. The van der Waals surface area contributed by atoms with Crippen molar-refractivity contribution in [1.82, 2.24) is 4.90 Å². The average Bonchev–Trinajstić information content (AvgIpc) is 2.14. The SMILES string of the molecule is CCN1CC(C)(C)OCC1COC(C)C. The summed E-state index contributed by atoms with van der Waals surface area (Å²) in [5.74, 6) is 0. The Morgan fingerprint density at radius 2 is 2.13 bits per heavy atom. The second-order valence-electron chi connectivity index (χ2n) is 5.17. The van der Waals surface area contributed by atoms with Gasteiger partial charge in [-0.15, -0.1) is 0 Å². The summed E-state index contributed by atoms with van der Waals surface area (Å²) in [6, 6.07) is 0.422. The van der Waals surface area contributed by atoms with Crippen LogP contribution in [-0.4, -0.2) is 49.0 Å². The minimum absolute atomic E-state index is 0.00958. The fourth-order valence-electron chi connectivity index (χ4n) is 1.92. The van der Waals surface area contributed by atoms with Crippen LogP contribution in [0, 0.1) is 0 Å². The zero-order chi connectivity index (χ0) is 11.5. The molecule has 1 aliphatic rings. The maximum absolute atomic E-state index is 5.82. The van der Waals surface area contributed by atoms with Crippen molar-refractivity contribution in [3.63, 3.8) is 0 Å². The Balaban J connectivity index is 2.44. The molecule has 0 aromatic rings. The second kappa shape index (κ2) is 5.28. The Bertz CT molecular complexity index is 190. The molecule has 1 aliphatic heterocycles. The van der Waals surface area contributed by atoms with Gasteiger partial charge in [0, 0.05) is 6.54 Å². The van der Waals surface area contributed by atoms with Gasteiger partial charge in [-0.3, -0.25) is 4.90 Å². The molecule has 1 rings (SSSR count). The van der Waals surface area contributed by atoms with Gasteiger partial charge in [-0.2, -0.15) is 0 Å². The van der Waals surface area contributed by atoms with Crippen molar-refractivity contribution in [2.75, 3.05) is 26.3 Å². The molecule has 0 N–H and O–H groups in total. The molecule has 0 radical (unpaired) electrons. The molecule has 1 saturated heterocycles. The highest BCUT2D eigenvalue weighted by Gasteiger charge is 2.32. The Morgan fingerprint density at radius 1 is 1.47 bits per heavy atom. The van der Waals surface area contributed by atoms with E-state index in [1.807, 2.05) is 0 Å². The van der Waals surface area contributed by atoms with Crippen LogP contribution in [0.5, 0.6) is 0 Å². The number of ether oxygens (including phenoxy) is 2. The van der Waals surface area contributed by atoms with E-state index >= 15 is 0 Å². The van der Waals surface area contributed by atoms with Gasteiger partial charge >= 0.3 is 0 Å². The van der Waals surface area contributed by atoms with Crippen LogP contribution in [0.15, 0.2) is 0 Å². The third-order valence-corrected chi connectivity index (χ3v) is 2.79. The quantitative estimate of drug-likeness (QED) is 0.715. The van der Waals surface area contributed by atoms with E-state index in [0.29, 0.717) is 12.1 Å². The Kier molecular flexibility index (Phi) is 4.56. The zero-order valence-electron chi connectivity index (χ0n) is 10.7. The molecular formula is C12H25NO2. The van der Waals surface area contributed by atoms with E-state index in [1.165, 1.54) is 0 Å². The van der Waals surface area contributed by atoms with Crippen LogP contribution >= 0.6 is 0 Å². The van der Waals surface area contributed by atoms with Gasteiger partial charge in [0.1, 0.15) is 0 Å². The van der Waals surface area contributed by atoms with Crippen LogP contribution in [0.3, 0.4) is 0 Å². The smallest absolute Gasteiger partial charge is 0.0753 e. The number of hydrogen-bond donors (Lipinski definition) is 0. The molecule has 0 amide bonds. The van der Waals surface area contributed by atoms with Gasteiger partial charge in [0.25, 0.3) is 0 Å². The van der Waals surface area contributed by atoms with Crippen LogP contribution in [-0.2, 0) is 9.47 Å². The fourth-order valence-corrected chi connectivity index (χ4v) is 1.92. The van der Waals surface area contributed by atoms with E-state index in [0.717, 1.165) is 26.3 Å². The Hall–Kier alpha value is -0.120. The molecule has 3 nitrogen and oxygen atoms in total. The van der Waals surface area contributed by atoms with Crippen molar-refractivity contribution in [2.24, 2.45) is 0 Å². The summed E-state index contributed by atoms with van der Waals surface area (Å²) in [7, 11) is 0. The van der Waals surface area contributed by atoms with E-state index in [4.69, 9.17) is 9.47 Å². The first-order chi connectivity index (χ1) is 6.94. The van der Waals surface area contributed by atoms with Crippen molar-refractivity contribution in [3.05, 3.63) is 0 Å². The van der Waals surface area contributed by atoms with Gasteiger partial charge in [-0.05, 0) is 34.2 Å². The van der Waals surface area contributed by atoms with Crippen molar-refractivity contribution in [3.8, 4) is 0 Å². The largest absolute Gasteiger partial charge is 0.377 e. The highest BCUT2D eigenvalue weighted by Crippen LogP contribution is 2.20. The standard InChI is InChI=1S/C12H25NO2/c1-6-13-9-12(4,5)15-8-11(13)7-14-10(2)3/h10-11H,6-9H2,1-5H3. The summed E-state index contributed by atoms with van der Waals surface area (Å²) in [4.78, 5) is 2.45. The van der Waals surface area contributed by atoms with Crippen LogP contribution < -0.4 is 0 Å². The van der Waals surface area contributed by atoms with E-state index in [1.54, 1.807) is 0 Å². The zero-order valence-corrected chi connectivity index (χ0v) is 10.7. The molecule has 1 atom stereocenters. The van der Waals surface area contributed by atoms with E-state index in [9.17, 15) is 0 Å². The molecule has 90 valence electrons. The van der Waals surface area contributed by atoms with E-state index in [-0.39, 0.29) is 5.60 Å². The van der Waals surface area contributed by atoms with Crippen LogP contribution in [0.2, 0.25) is 0 Å². The maximum atomic E-state index is 5.82. The lowest BCUT2D eigenvalue weighted by Gasteiger charge is -2.43. The third kappa shape index (κ3) is 4.09. The second-order valence-corrected chi connectivity index (χ2v) is 5.17. The molecule has 1 unspecified atom stereocenters. The van der Waals surface area contributed by atoms with Crippen LogP contribution in [0.4, 0.5) is 0 Å². The molecule has 1 heterocycles. The maximum Gasteiger partial charge on any atom is 0.0753 e. The van der Waals surface area contributed by atoms with Crippen molar-refractivity contribution < 1.29 is 9.47 Å². The topological polar surface area (TPSA) is 21.7 Å². The van der Waals surface area contributed by atoms with Gasteiger partial charge in [0.15, 0.2) is 0 Å². The average molecular weight is 215 g/mol. The van der Waals surface area contributed by atoms with Crippen molar-refractivity contribution in [1.29, 1.82) is 0 Å². The Labute approximate surface area is 93.7 Å². The summed E-state index contributed by atoms with van der Waals surface area (Å²) < 4.78 is 11.5. The fraction of sp³-hybridized carbons (Fsp3) is 1.00. The molecular weight excluding hydrogens is 190 g/mol. The predicted octanol–water partition coefficient (Wildman–Crippen LogP) is 1.91. The molecule has 1 fully saturated rings. The first-order valence-electron chi connectivity index (χ1n) is 5.94. The molecule has 0 bridgehead atoms. The first-order valence-corrected chi connectivity index (χ1v) is 5.94. The monoisotopic (exact) mass is 215 g/mol. The molecule has 0 aliphatic carbocycles. The van der Waals surface area contributed by atoms with Gasteiger partial charge < -0.3 is 9.47 Å². The summed E-state index contributed by atoms with van der Waals surface area (Å²) >= 11 is 0. The van der Waals surface area contributed by atoms with E-state index in [2.05, 4.69) is 39.5 Å². The lowest BCUT2D eigenvalue weighted by atomic mass is 10.0. The van der Waals surface area contributed by atoms with Crippen molar-refractivity contribution in [2.45, 2.75) is 52.4 Å². The normalized spacial score (nSPS) is 27.2. The molecule has 0 saturated carbocycles. The van der Waals surface area contributed by atoms with Gasteiger partial charge in [-0.1, -0.05) is 6.92 Å². The summed E-state index contributed by atoms with van der Waals surface area (Å²) in [6.07, 6.45) is 0.304. The van der Waals surface area contributed by atoms with Crippen LogP contribution in [0.25, 0.3) is 0 Å². The number of hydrogen-bond acceptors (Lipinski definition) is 3. The Morgan fingerprint density at radius 3 is 2.67 bits per heavy atom. The number of nitrogens with zero attached hydrogens (tertiary/aromatic N) is 1. The van der Waals surface area contributed by atoms with Crippen LogP contribution in [0.1, 0.15) is 34.6 Å². The lowest BCUT2D eigenvalue weighted by molar-refractivity contribution is -0.130. The minimum atomic E-state index is -0.00958. The molecule has 3 heteroatoms. The van der Waals surface area contributed by atoms with Gasteiger partial charge in [-0.25, -0.2) is 0 Å². The number of likely N-dealkylation sites (N-methyl/N-ethyl adjacent to an activating group) is 1. The predicted molar refractivity (Wildman–Crippen MR) is 62.2 cm³/mol. The third-order valence-electron chi connectivity index (χ3n) is 2.79. The summed E-state index contributed by atoms with van der Waals surface area (Å²) in [5, 5.41) is 0. The highest BCUT2D eigenvalue weighted by molar-refractivity contribution is 4.84. The molecule has 0 spiro atoms.